The van der Waals surface area contributed by atoms with E-state index in [9.17, 15) is 27.9 Å². The summed E-state index contributed by atoms with van der Waals surface area (Å²) in [5, 5.41) is 12.7. The van der Waals surface area contributed by atoms with E-state index in [4.69, 9.17) is 16.3 Å². The molecule has 1 heterocycles. The summed E-state index contributed by atoms with van der Waals surface area (Å²) >= 11 is 5.74. The van der Waals surface area contributed by atoms with Gasteiger partial charge in [-0.05, 0) is 56.2 Å². The molecule has 0 radical (unpaired) electrons. The van der Waals surface area contributed by atoms with Crippen LogP contribution >= 0.6 is 11.6 Å². The number of aromatic nitrogens is 3. The Hall–Kier alpha value is -3.27. The fourth-order valence-electron chi connectivity index (χ4n) is 2.92. The van der Waals surface area contributed by atoms with E-state index in [1.54, 1.807) is 25.1 Å². The molecule has 0 atom stereocenters. The van der Waals surface area contributed by atoms with Gasteiger partial charge in [-0.3, -0.25) is 0 Å². The van der Waals surface area contributed by atoms with Gasteiger partial charge in [0.1, 0.15) is 12.1 Å². The van der Waals surface area contributed by atoms with E-state index in [1.807, 2.05) is 0 Å². The second-order valence-electron chi connectivity index (χ2n) is 7.62. The maximum atomic E-state index is 12.9. The topological polar surface area (TPSA) is 86.4 Å². The molecule has 3 aromatic rings. The fourth-order valence-corrected chi connectivity index (χ4v) is 3.20. The Morgan fingerprint density at radius 3 is 2.44 bits per heavy atom. The first-order valence-corrected chi connectivity index (χ1v) is 9.71. The minimum Gasteiger partial charge on any atom is -0.478 e. The summed E-state index contributed by atoms with van der Waals surface area (Å²) < 4.78 is 46.5. The van der Waals surface area contributed by atoms with Gasteiger partial charge in [0, 0.05) is 0 Å². The number of nitrogens with zero attached hydrogens (tertiary/aromatic N) is 3. The molecule has 170 valence electrons. The molecule has 1 N–H and O–H groups in total. The van der Waals surface area contributed by atoms with Crippen molar-refractivity contribution >= 4 is 17.6 Å². The largest absolute Gasteiger partial charge is 0.478 e. The zero-order chi connectivity index (χ0) is 23.8. The SMILES string of the molecule is Cc1cc(Cn2ncn(-c3ccc(C(F)(F)F)c(Cl)c3)c2=O)ccc1OC(C)(C)C(=O)O. The van der Waals surface area contributed by atoms with Crippen LogP contribution in [0.15, 0.2) is 47.5 Å². The van der Waals surface area contributed by atoms with Crippen LogP contribution in [0.5, 0.6) is 5.75 Å². The van der Waals surface area contributed by atoms with E-state index in [2.05, 4.69) is 5.10 Å². The van der Waals surface area contributed by atoms with Gasteiger partial charge in [0.05, 0.1) is 22.8 Å². The molecule has 0 aliphatic carbocycles. The number of aryl methyl sites for hydroxylation is 1. The van der Waals surface area contributed by atoms with Gasteiger partial charge in [0.2, 0.25) is 0 Å². The highest BCUT2D eigenvalue weighted by Gasteiger charge is 2.33. The number of aliphatic carboxylic acids is 1. The van der Waals surface area contributed by atoms with Crippen LogP contribution in [0.1, 0.15) is 30.5 Å². The van der Waals surface area contributed by atoms with Gasteiger partial charge in [-0.25, -0.2) is 18.8 Å². The standard InChI is InChI=1S/C21H19ClF3N3O4/c1-12-8-13(4-7-17(12)32-20(2,3)18(29)30)10-28-19(31)27(11-26-28)14-5-6-15(16(22)9-14)21(23,24)25/h4-9,11H,10H2,1-3H3,(H,29,30). The minimum atomic E-state index is -4.60. The lowest BCUT2D eigenvalue weighted by Crippen LogP contribution is -2.38. The van der Waals surface area contributed by atoms with Crippen molar-refractivity contribution in [3.63, 3.8) is 0 Å². The highest BCUT2D eigenvalue weighted by atomic mass is 35.5. The van der Waals surface area contributed by atoms with Crippen LogP contribution in [0.3, 0.4) is 0 Å². The average Bonchev–Trinajstić information content (AvgIpc) is 3.03. The summed E-state index contributed by atoms with van der Waals surface area (Å²) in [6, 6.07) is 8.00. The van der Waals surface area contributed by atoms with Gasteiger partial charge in [-0.1, -0.05) is 23.7 Å². The number of rotatable bonds is 6. The molecule has 0 unspecified atom stereocenters. The monoisotopic (exact) mass is 469 g/mol. The molecule has 0 saturated carbocycles. The Labute approximate surface area is 185 Å². The van der Waals surface area contributed by atoms with Crippen molar-refractivity contribution < 1.29 is 27.8 Å². The number of benzene rings is 2. The summed E-state index contributed by atoms with van der Waals surface area (Å²) in [6.07, 6.45) is -3.40. The van der Waals surface area contributed by atoms with E-state index in [-0.39, 0.29) is 12.2 Å². The van der Waals surface area contributed by atoms with Crippen LogP contribution < -0.4 is 10.4 Å². The van der Waals surface area contributed by atoms with E-state index in [0.717, 1.165) is 27.4 Å². The maximum absolute atomic E-state index is 12.9. The third-order valence-electron chi connectivity index (χ3n) is 4.72. The van der Waals surface area contributed by atoms with Gasteiger partial charge >= 0.3 is 17.8 Å². The highest BCUT2D eigenvalue weighted by Crippen LogP contribution is 2.35. The first-order valence-electron chi connectivity index (χ1n) is 9.33. The summed E-state index contributed by atoms with van der Waals surface area (Å²) in [6.45, 7) is 4.69. The Bertz CT molecular complexity index is 1230. The lowest BCUT2D eigenvalue weighted by molar-refractivity contribution is -0.152. The van der Waals surface area contributed by atoms with E-state index < -0.39 is 34.0 Å². The van der Waals surface area contributed by atoms with Gasteiger partial charge < -0.3 is 9.84 Å². The molecule has 0 saturated heterocycles. The molecule has 0 spiro atoms. The van der Waals surface area contributed by atoms with Gasteiger partial charge in [-0.2, -0.15) is 18.3 Å². The zero-order valence-corrected chi connectivity index (χ0v) is 18.0. The maximum Gasteiger partial charge on any atom is 0.417 e. The molecular formula is C21H19ClF3N3O4. The van der Waals surface area contributed by atoms with Crippen LogP contribution in [-0.4, -0.2) is 31.0 Å². The van der Waals surface area contributed by atoms with Crippen molar-refractivity contribution in [2.24, 2.45) is 0 Å². The van der Waals surface area contributed by atoms with Crippen LogP contribution in [0.25, 0.3) is 5.69 Å². The molecule has 0 bridgehead atoms. The lowest BCUT2D eigenvalue weighted by Gasteiger charge is -2.23. The molecule has 2 aromatic carbocycles. The van der Waals surface area contributed by atoms with Crippen molar-refractivity contribution in [3.8, 4) is 11.4 Å². The Morgan fingerprint density at radius 1 is 1.19 bits per heavy atom. The molecule has 32 heavy (non-hydrogen) atoms. The minimum absolute atomic E-state index is 0.0869. The van der Waals surface area contributed by atoms with Crippen LogP contribution in [-0.2, 0) is 17.5 Å². The molecule has 1 aromatic heterocycles. The summed E-state index contributed by atoms with van der Waals surface area (Å²) in [5.41, 5.74) is -1.46. The zero-order valence-electron chi connectivity index (χ0n) is 17.3. The van der Waals surface area contributed by atoms with Crippen molar-refractivity contribution in [1.82, 2.24) is 14.3 Å². The van der Waals surface area contributed by atoms with Crippen LogP contribution in [0.2, 0.25) is 5.02 Å². The van der Waals surface area contributed by atoms with Crippen LogP contribution in [0.4, 0.5) is 13.2 Å². The highest BCUT2D eigenvalue weighted by molar-refractivity contribution is 6.31. The molecule has 0 fully saturated rings. The third kappa shape index (κ3) is 4.80. The van der Waals surface area contributed by atoms with E-state index in [1.165, 1.54) is 20.2 Å². The second-order valence-corrected chi connectivity index (χ2v) is 8.03. The summed E-state index contributed by atoms with van der Waals surface area (Å²) in [5.74, 6) is -0.722. The Morgan fingerprint density at radius 2 is 1.88 bits per heavy atom. The van der Waals surface area contributed by atoms with Crippen LogP contribution in [0, 0.1) is 6.92 Å². The molecular weight excluding hydrogens is 451 g/mol. The van der Waals surface area contributed by atoms with Gasteiger partial charge in [0.15, 0.2) is 5.60 Å². The number of carbonyl (C=O) groups is 1. The van der Waals surface area contributed by atoms with Crippen molar-refractivity contribution in [3.05, 3.63) is 74.9 Å². The number of halogens is 4. The second kappa shape index (κ2) is 8.34. The lowest BCUT2D eigenvalue weighted by atomic mass is 10.1. The fraction of sp³-hybridized carbons (Fsp3) is 0.286. The average molecular weight is 470 g/mol. The summed E-state index contributed by atoms with van der Waals surface area (Å²) in [7, 11) is 0. The number of carboxylic acids is 1. The number of carboxylic acid groups (broad SMARTS) is 1. The Kier molecular flexibility index (Phi) is 6.10. The molecule has 0 amide bonds. The number of ether oxygens (including phenoxy) is 1. The summed E-state index contributed by atoms with van der Waals surface area (Å²) in [4.78, 5) is 23.9. The van der Waals surface area contributed by atoms with Crippen molar-refractivity contribution in [1.29, 1.82) is 0 Å². The number of hydrogen-bond acceptors (Lipinski definition) is 4. The van der Waals surface area contributed by atoms with E-state index >= 15 is 0 Å². The predicted molar refractivity (Wildman–Crippen MR) is 110 cm³/mol. The molecule has 0 aliphatic heterocycles. The molecule has 3 rings (SSSR count). The van der Waals surface area contributed by atoms with Gasteiger partial charge in [0.25, 0.3) is 0 Å². The van der Waals surface area contributed by atoms with E-state index in [0.29, 0.717) is 16.9 Å². The smallest absolute Gasteiger partial charge is 0.417 e. The first-order chi connectivity index (χ1) is 14.8. The number of hydrogen-bond donors (Lipinski definition) is 1. The van der Waals surface area contributed by atoms with Crippen molar-refractivity contribution in [2.75, 3.05) is 0 Å². The first kappa shape index (κ1) is 23.4. The number of alkyl halides is 3. The van der Waals surface area contributed by atoms with Gasteiger partial charge in [-0.15, -0.1) is 0 Å². The molecule has 11 heteroatoms. The molecule has 0 aliphatic rings. The third-order valence-corrected chi connectivity index (χ3v) is 5.03. The quantitative estimate of drug-likeness (QED) is 0.581. The van der Waals surface area contributed by atoms with Crippen molar-refractivity contribution in [2.45, 2.75) is 39.1 Å². The molecule has 7 nitrogen and oxygen atoms in total. The Balaban J connectivity index is 1.84. The normalized spacial score (nSPS) is 12.1. The predicted octanol–water partition coefficient (Wildman–Crippen LogP) is 4.30.